The second kappa shape index (κ2) is 3.83. The van der Waals surface area contributed by atoms with E-state index in [4.69, 9.17) is 5.73 Å². The highest BCUT2D eigenvalue weighted by Gasteiger charge is 2.23. The molecule has 1 aliphatic rings. The number of nitrogen functional groups attached to an aromatic ring is 1. The Hall–Kier alpha value is -2.37. The molecule has 0 unspecified atom stereocenters. The first kappa shape index (κ1) is 10.8. The van der Waals surface area contributed by atoms with Crippen molar-refractivity contribution in [2.24, 2.45) is 0 Å². The third kappa shape index (κ3) is 1.46. The Balaban J connectivity index is 2.08. The molecule has 3 rings (SSSR count). The second-order valence-corrected chi connectivity index (χ2v) is 4.29. The number of fused-ring (bicyclic) bond motifs is 3. The summed E-state index contributed by atoms with van der Waals surface area (Å²) in [6.07, 6.45) is 5.45. The third-order valence-electron chi connectivity index (χ3n) is 3.28. The van der Waals surface area contributed by atoms with Gasteiger partial charge < -0.3 is 10.6 Å². The molecule has 0 spiro atoms. The summed E-state index contributed by atoms with van der Waals surface area (Å²) >= 11 is 0. The summed E-state index contributed by atoms with van der Waals surface area (Å²) in [4.78, 5) is 17.4. The molecule has 6 nitrogen and oxygen atoms in total. The number of aromatic nitrogens is 3. The Morgan fingerprint density at radius 1 is 1.56 bits per heavy atom. The highest BCUT2D eigenvalue weighted by atomic mass is 16.2. The monoisotopic (exact) mass is 243 g/mol. The Bertz CT molecular complexity index is 645. The summed E-state index contributed by atoms with van der Waals surface area (Å²) in [7, 11) is 0. The molecule has 0 aromatic carbocycles. The molecule has 1 aliphatic heterocycles. The molecule has 0 bridgehead atoms. The molecule has 1 amide bonds. The lowest BCUT2D eigenvalue weighted by Crippen LogP contribution is -2.34. The Labute approximate surface area is 104 Å². The van der Waals surface area contributed by atoms with Gasteiger partial charge in [0.05, 0.1) is 0 Å². The number of nitrogens with two attached hydrogens (primary N) is 1. The first-order valence-corrected chi connectivity index (χ1v) is 5.71. The van der Waals surface area contributed by atoms with Crippen LogP contribution in [-0.4, -0.2) is 31.9 Å². The highest BCUT2D eigenvalue weighted by molar-refractivity contribution is 5.87. The van der Waals surface area contributed by atoms with Crippen molar-refractivity contribution in [1.82, 2.24) is 19.5 Å². The molecule has 3 heterocycles. The van der Waals surface area contributed by atoms with Crippen molar-refractivity contribution in [1.29, 1.82) is 0 Å². The first-order chi connectivity index (χ1) is 8.70. The number of hydrogen-bond acceptors (Lipinski definition) is 4. The smallest absolute Gasteiger partial charge is 0.246 e. The number of carbonyl (C=O) groups is 1. The predicted octanol–water partition coefficient (Wildman–Crippen LogP) is 0.382. The second-order valence-electron chi connectivity index (χ2n) is 4.29. The molecule has 2 aromatic heterocycles. The van der Waals surface area contributed by atoms with Gasteiger partial charge >= 0.3 is 0 Å². The van der Waals surface area contributed by atoms with Crippen LogP contribution in [-0.2, 0) is 17.8 Å². The van der Waals surface area contributed by atoms with Crippen molar-refractivity contribution in [3.05, 3.63) is 36.3 Å². The van der Waals surface area contributed by atoms with E-state index in [9.17, 15) is 4.79 Å². The predicted molar refractivity (Wildman–Crippen MR) is 66.7 cm³/mol. The minimum atomic E-state index is -0.0463. The average Bonchev–Trinajstić information content (AvgIpc) is 2.76. The molecule has 0 saturated carbocycles. The normalized spacial score (nSPS) is 14.6. The largest absolute Gasteiger partial charge is 0.382 e. The van der Waals surface area contributed by atoms with Crippen LogP contribution in [0.25, 0.3) is 5.52 Å². The minimum absolute atomic E-state index is 0.0463. The van der Waals surface area contributed by atoms with Crippen LogP contribution in [0, 0.1) is 0 Å². The summed E-state index contributed by atoms with van der Waals surface area (Å²) in [5, 5.41) is 4.14. The van der Waals surface area contributed by atoms with Crippen LogP contribution in [0.5, 0.6) is 0 Å². The summed E-state index contributed by atoms with van der Waals surface area (Å²) in [5.41, 5.74) is 8.95. The summed E-state index contributed by atoms with van der Waals surface area (Å²) < 4.78 is 1.73. The molecule has 0 fully saturated rings. The Morgan fingerprint density at radius 3 is 3.17 bits per heavy atom. The molecular weight excluding hydrogens is 230 g/mol. The maximum Gasteiger partial charge on any atom is 0.246 e. The van der Waals surface area contributed by atoms with Gasteiger partial charge in [-0.3, -0.25) is 4.79 Å². The van der Waals surface area contributed by atoms with Gasteiger partial charge in [-0.15, -0.1) is 0 Å². The van der Waals surface area contributed by atoms with Gasteiger partial charge in [0.15, 0.2) is 5.82 Å². The van der Waals surface area contributed by atoms with Crippen LogP contribution in [0.15, 0.2) is 25.2 Å². The van der Waals surface area contributed by atoms with Crippen molar-refractivity contribution < 1.29 is 4.79 Å². The van der Waals surface area contributed by atoms with Gasteiger partial charge in [-0.25, -0.2) is 9.50 Å². The van der Waals surface area contributed by atoms with Crippen LogP contribution in [0.1, 0.15) is 11.1 Å². The van der Waals surface area contributed by atoms with Gasteiger partial charge in [-0.2, -0.15) is 5.10 Å². The van der Waals surface area contributed by atoms with Crippen LogP contribution < -0.4 is 5.73 Å². The van der Waals surface area contributed by atoms with Crippen LogP contribution >= 0.6 is 0 Å². The van der Waals surface area contributed by atoms with Crippen molar-refractivity contribution in [3.8, 4) is 0 Å². The lowest BCUT2D eigenvalue weighted by Gasteiger charge is -2.25. The fourth-order valence-corrected chi connectivity index (χ4v) is 2.41. The van der Waals surface area contributed by atoms with E-state index in [1.165, 1.54) is 12.4 Å². The molecule has 18 heavy (non-hydrogen) atoms. The highest BCUT2D eigenvalue weighted by Crippen LogP contribution is 2.27. The van der Waals surface area contributed by atoms with Crippen LogP contribution in [0.4, 0.5) is 5.82 Å². The lowest BCUT2D eigenvalue weighted by atomic mass is 10.0. The number of nitrogens with zero attached hydrogens (tertiary/aromatic N) is 4. The van der Waals surface area contributed by atoms with Crippen molar-refractivity contribution in [3.63, 3.8) is 0 Å². The van der Waals surface area contributed by atoms with Gasteiger partial charge in [0.25, 0.3) is 0 Å². The molecule has 0 saturated heterocycles. The third-order valence-corrected chi connectivity index (χ3v) is 3.28. The van der Waals surface area contributed by atoms with Crippen molar-refractivity contribution >= 4 is 17.2 Å². The summed E-state index contributed by atoms with van der Waals surface area (Å²) in [6.45, 7) is 4.75. The fourth-order valence-electron chi connectivity index (χ4n) is 2.41. The summed E-state index contributed by atoms with van der Waals surface area (Å²) in [6, 6.07) is 0. The number of carbonyl (C=O) groups excluding carboxylic acids is 1. The average molecular weight is 243 g/mol. The van der Waals surface area contributed by atoms with E-state index < -0.39 is 0 Å². The number of anilines is 1. The molecule has 0 radical (unpaired) electrons. The number of amides is 1. The topological polar surface area (TPSA) is 76.5 Å². The molecule has 2 N–H and O–H groups in total. The molecule has 0 aliphatic carbocycles. The Kier molecular flexibility index (Phi) is 2.29. The SMILES string of the molecule is C=CC(=O)N1CCc2c(cn3ncnc(N)c23)C1. The maximum absolute atomic E-state index is 11.6. The lowest BCUT2D eigenvalue weighted by molar-refractivity contribution is -0.126. The van der Waals surface area contributed by atoms with Crippen molar-refractivity contribution in [2.75, 3.05) is 12.3 Å². The molecular formula is C12H13N5O. The maximum atomic E-state index is 11.6. The molecule has 0 atom stereocenters. The number of hydrogen-bond donors (Lipinski definition) is 1. The van der Waals surface area contributed by atoms with E-state index in [1.54, 1.807) is 9.42 Å². The zero-order valence-corrected chi connectivity index (χ0v) is 9.83. The van der Waals surface area contributed by atoms with Crippen LogP contribution in [0.2, 0.25) is 0 Å². The quantitative estimate of drug-likeness (QED) is 0.735. The first-order valence-electron chi connectivity index (χ1n) is 5.71. The Morgan fingerprint density at radius 2 is 2.39 bits per heavy atom. The minimum Gasteiger partial charge on any atom is -0.382 e. The van der Waals surface area contributed by atoms with Gasteiger partial charge in [-0.1, -0.05) is 6.58 Å². The van der Waals surface area contributed by atoms with Crippen molar-refractivity contribution in [2.45, 2.75) is 13.0 Å². The van der Waals surface area contributed by atoms with E-state index in [-0.39, 0.29) is 5.91 Å². The van der Waals surface area contributed by atoms with E-state index in [1.807, 2.05) is 6.20 Å². The van der Waals surface area contributed by atoms with E-state index in [0.717, 1.165) is 23.1 Å². The van der Waals surface area contributed by atoms with E-state index >= 15 is 0 Å². The zero-order valence-electron chi connectivity index (χ0n) is 9.83. The van der Waals surface area contributed by atoms with E-state index in [2.05, 4.69) is 16.7 Å². The van der Waals surface area contributed by atoms with E-state index in [0.29, 0.717) is 18.9 Å². The van der Waals surface area contributed by atoms with Gasteiger partial charge in [0.2, 0.25) is 5.91 Å². The van der Waals surface area contributed by atoms with Crippen LogP contribution in [0.3, 0.4) is 0 Å². The standard InChI is InChI=1S/C12H13N5O/c1-2-10(18)16-4-3-9-8(5-16)6-17-11(9)12(13)14-7-15-17/h2,6-7H,1,3-5H2,(H2,13,14,15). The fraction of sp³-hybridized carbons (Fsp3) is 0.250. The number of rotatable bonds is 1. The molecule has 2 aromatic rings. The van der Waals surface area contributed by atoms with Gasteiger partial charge in [-0.05, 0) is 23.6 Å². The molecule has 92 valence electrons. The van der Waals surface area contributed by atoms with Gasteiger partial charge in [0.1, 0.15) is 11.8 Å². The van der Waals surface area contributed by atoms with Gasteiger partial charge in [0, 0.05) is 19.3 Å². The summed E-state index contributed by atoms with van der Waals surface area (Å²) in [5.74, 6) is 0.435. The molecule has 6 heteroatoms. The zero-order chi connectivity index (χ0) is 12.7.